The molecule has 1 N–H and O–H groups in total. The van der Waals surface area contributed by atoms with Gasteiger partial charge in [-0.15, -0.1) is 0 Å². The lowest BCUT2D eigenvalue weighted by atomic mass is 9.93. The molecule has 204 valence electrons. The van der Waals surface area contributed by atoms with Crippen molar-refractivity contribution in [2.45, 2.75) is 70.1 Å². The summed E-state index contributed by atoms with van der Waals surface area (Å²) >= 11 is 0. The van der Waals surface area contributed by atoms with E-state index in [0.29, 0.717) is 50.8 Å². The van der Waals surface area contributed by atoms with Crippen molar-refractivity contribution in [1.29, 1.82) is 0 Å². The quantitative estimate of drug-likeness (QED) is 0.324. The maximum absolute atomic E-state index is 13.9. The Hall–Kier alpha value is -3.65. The lowest BCUT2D eigenvalue weighted by Gasteiger charge is -2.34. The molecular formula is C31H35FN4O3. The van der Waals surface area contributed by atoms with Gasteiger partial charge in [0.25, 0.3) is 5.91 Å². The summed E-state index contributed by atoms with van der Waals surface area (Å²) in [4.78, 5) is 33.0. The van der Waals surface area contributed by atoms with Gasteiger partial charge in [-0.2, -0.15) is 0 Å². The van der Waals surface area contributed by atoms with E-state index in [1.165, 1.54) is 25.3 Å². The number of imidazole rings is 1. The van der Waals surface area contributed by atoms with Crippen LogP contribution in [0.3, 0.4) is 0 Å². The number of fused-ring (bicyclic) bond motifs is 1. The number of aromatic nitrogens is 2. The molecule has 8 heteroatoms. The SMILES string of the molecule is O=C(c1ccc(CN(Cc2cccc(F)c2)C2CCCCC2)o1)N1CCC(n2c(=O)[nH]c3ccccc32)CC1. The zero-order chi connectivity index (χ0) is 26.8. The molecule has 1 saturated carbocycles. The number of likely N-dealkylation sites (tertiary alicyclic amines) is 1. The molecule has 0 radical (unpaired) electrons. The minimum atomic E-state index is -0.222. The third kappa shape index (κ3) is 5.57. The molecule has 1 saturated heterocycles. The number of hydrogen-bond donors (Lipinski definition) is 1. The van der Waals surface area contributed by atoms with Gasteiger partial charge in [0.15, 0.2) is 5.76 Å². The number of benzene rings is 2. The van der Waals surface area contributed by atoms with Gasteiger partial charge >= 0.3 is 5.69 Å². The molecule has 39 heavy (non-hydrogen) atoms. The molecule has 0 bridgehead atoms. The van der Waals surface area contributed by atoms with E-state index in [-0.39, 0.29) is 23.5 Å². The minimum Gasteiger partial charge on any atom is -0.455 e. The first-order valence-corrected chi connectivity index (χ1v) is 14.1. The maximum atomic E-state index is 13.9. The number of nitrogens with one attached hydrogen (secondary N) is 1. The van der Waals surface area contributed by atoms with E-state index >= 15 is 0 Å². The van der Waals surface area contributed by atoms with E-state index in [4.69, 9.17) is 4.42 Å². The number of nitrogens with zero attached hydrogens (tertiary/aromatic N) is 3. The molecule has 0 atom stereocenters. The number of para-hydroxylation sites is 2. The predicted octanol–water partition coefficient (Wildman–Crippen LogP) is 5.87. The molecule has 0 unspecified atom stereocenters. The monoisotopic (exact) mass is 530 g/mol. The van der Waals surface area contributed by atoms with E-state index in [0.717, 1.165) is 35.2 Å². The highest BCUT2D eigenvalue weighted by atomic mass is 19.1. The number of amides is 1. The topological polar surface area (TPSA) is 74.5 Å². The van der Waals surface area contributed by atoms with Gasteiger partial charge in [-0.1, -0.05) is 43.5 Å². The van der Waals surface area contributed by atoms with E-state index in [1.54, 1.807) is 18.2 Å². The standard InChI is InChI=1S/C31H35FN4O3/c32-23-8-6-7-22(19-23)20-35(24-9-2-1-3-10-24)21-26-13-14-29(39-26)30(37)34-17-15-25(16-18-34)36-28-12-5-4-11-27(28)33-31(36)38/h4-8,11-14,19,24-25H,1-3,9-10,15-18,20-21H2,(H,33,38). The zero-order valence-electron chi connectivity index (χ0n) is 22.2. The average Bonchev–Trinajstić information content (AvgIpc) is 3.56. The molecule has 3 heterocycles. The van der Waals surface area contributed by atoms with Gasteiger partial charge in [0, 0.05) is 31.7 Å². The van der Waals surface area contributed by atoms with Crippen LogP contribution in [-0.2, 0) is 13.1 Å². The largest absolute Gasteiger partial charge is 0.455 e. The third-order valence-electron chi connectivity index (χ3n) is 8.34. The summed E-state index contributed by atoms with van der Waals surface area (Å²) in [6.45, 7) is 2.37. The van der Waals surface area contributed by atoms with Crippen molar-refractivity contribution in [1.82, 2.24) is 19.4 Å². The molecular weight excluding hydrogens is 495 g/mol. The van der Waals surface area contributed by atoms with Gasteiger partial charge in [-0.25, -0.2) is 9.18 Å². The fraction of sp³-hybridized carbons (Fsp3) is 0.419. The fourth-order valence-electron chi connectivity index (χ4n) is 6.33. The fourth-order valence-corrected chi connectivity index (χ4v) is 6.33. The normalized spacial score (nSPS) is 17.3. The predicted molar refractivity (Wildman–Crippen MR) is 148 cm³/mol. The molecule has 1 amide bonds. The number of carbonyl (C=O) groups excluding carboxylic acids is 1. The van der Waals surface area contributed by atoms with Gasteiger partial charge < -0.3 is 14.3 Å². The lowest BCUT2D eigenvalue weighted by molar-refractivity contribution is 0.0656. The Labute approximate surface area is 227 Å². The van der Waals surface area contributed by atoms with E-state index < -0.39 is 0 Å². The Morgan fingerprint density at radius 1 is 0.949 bits per heavy atom. The van der Waals surface area contributed by atoms with Crippen LogP contribution >= 0.6 is 0 Å². The van der Waals surface area contributed by atoms with Crippen LogP contribution in [0.1, 0.15) is 72.9 Å². The van der Waals surface area contributed by atoms with Gasteiger partial charge in [0.2, 0.25) is 0 Å². The Morgan fingerprint density at radius 3 is 2.54 bits per heavy atom. The van der Waals surface area contributed by atoms with Crippen LogP contribution in [0.15, 0.2) is 69.9 Å². The molecule has 7 nitrogen and oxygen atoms in total. The van der Waals surface area contributed by atoms with Crippen LogP contribution < -0.4 is 5.69 Å². The second-order valence-electron chi connectivity index (χ2n) is 10.9. The maximum Gasteiger partial charge on any atom is 0.326 e. The summed E-state index contributed by atoms with van der Waals surface area (Å²) < 4.78 is 21.8. The van der Waals surface area contributed by atoms with Crippen LogP contribution in [-0.4, -0.2) is 44.4 Å². The molecule has 1 aliphatic heterocycles. The second kappa shape index (κ2) is 11.2. The first kappa shape index (κ1) is 25.6. The molecule has 2 fully saturated rings. The average molecular weight is 531 g/mol. The van der Waals surface area contributed by atoms with Gasteiger partial charge in [-0.3, -0.25) is 14.3 Å². The van der Waals surface area contributed by atoms with Crippen LogP contribution in [0, 0.1) is 5.82 Å². The molecule has 4 aromatic rings. The lowest BCUT2D eigenvalue weighted by Crippen LogP contribution is -2.40. The number of carbonyl (C=O) groups is 1. The number of aromatic amines is 1. The molecule has 0 spiro atoms. The Balaban J connectivity index is 1.11. The number of hydrogen-bond acceptors (Lipinski definition) is 4. The first-order chi connectivity index (χ1) is 19.0. The molecule has 1 aliphatic carbocycles. The van der Waals surface area contributed by atoms with Gasteiger partial charge in [0.05, 0.1) is 17.6 Å². The number of halogens is 1. The Bertz CT molecular complexity index is 1490. The third-order valence-corrected chi connectivity index (χ3v) is 8.34. The van der Waals surface area contributed by atoms with Crippen LogP contribution in [0.5, 0.6) is 0 Å². The highest BCUT2D eigenvalue weighted by molar-refractivity contribution is 5.91. The Morgan fingerprint density at radius 2 is 1.74 bits per heavy atom. The van der Waals surface area contributed by atoms with Crippen LogP contribution in [0.25, 0.3) is 11.0 Å². The number of rotatable bonds is 7. The second-order valence-corrected chi connectivity index (χ2v) is 10.9. The van der Waals surface area contributed by atoms with Crippen molar-refractivity contribution in [2.75, 3.05) is 13.1 Å². The summed E-state index contributed by atoms with van der Waals surface area (Å²) in [6, 6.07) is 18.6. The van der Waals surface area contributed by atoms with Crippen molar-refractivity contribution < 1.29 is 13.6 Å². The summed E-state index contributed by atoms with van der Waals surface area (Å²) in [5, 5.41) is 0. The molecule has 2 aliphatic rings. The molecule has 2 aromatic carbocycles. The zero-order valence-corrected chi connectivity index (χ0v) is 22.2. The number of piperidine rings is 1. The van der Waals surface area contributed by atoms with E-state index in [1.807, 2.05) is 45.9 Å². The summed E-state index contributed by atoms with van der Waals surface area (Å²) in [5.74, 6) is 0.767. The van der Waals surface area contributed by atoms with E-state index in [9.17, 15) is 14.0 Å². The highest BCUT2D eigenvalue weighted by Crippen LogP contribution is 2.28. The number of furan rings is 1. The summed E-state index contributed by atoms with van der Waals surface area (Å²) in [7, 11) is 0. The van der Waals surface area contributed by atoms with Crippen molar-refractivity contribution in [2.24, 2.45) is 0 Å². The minimum absolute atomic E-state index is 0.0525. The summed E-state index contributed by atoms with van der Waals surface area (Å²) in [5.41, 5.74) is 2.59. The van der Waals surface area contributed by atoms with Crippen molar-refractivity contribution >= 4 is 16.9 Å². The Kier molecular flexibility index (Phi) is 7.37. The van der Waals surface area contributed by atoms with Gasteiger partial charge in [0.1, 0.15) is 11.6 Å². The van der Waals surface area contributed by atoms with Crippen molar-refractivity contribution in [3.8, 4) is 0 Å². The van der Waals surface area contributed by atoms with Crippen LogP contribution in [0.4, 0.5) is 4.39 Å². The number of H-pyrrole nitrogens is 1. The van der Waals surface area contributed by atoms with Crippen molar-refractivity contribution in [3.05, 3.63) is 94.0 Å². The first-order valence-electron chi connectivity index (χ1n) is 14.1. The smallest absolute Gasteiger partial charge is 0.326 e. The van der Waals surface area contributed by atoms with Crippen molar-refractivity contribution in [3.63, 3.8) is 0 Å². The highest BCUT2D eigenvalue weighted by Gasteiger charge is 2.29. The van der Waals surface area contributed by atoms with E-state index in [2.05, 4.69) is 9.88 Å². The van der Waals surface area contributed by atoms with Gasteiger partial charge in [-0.05, 0) is 67.6 Å². The molecule has 2 aromatic heterocycles. The molecule has 6 rings (SSSR count). The van der Waals surface area contributed by atoms with Crippen LogP contribution in [0.2, 0.25) is 0 Å². The summed E-state index contributed by atoms with van der Waals surface area (Å²) in [6.07, 6.45) is 7.33.